The van der Waals surface area contributed by atoms with Crippen LogP contribution in [0.1, 0.15) is 35.7 Å². The van der Waals surface area contributed by atoms with Gasteiger partial charge in [-0.05, 0) is 37.1 Å². The molecule has 0 aliphatic carbocycles. The van der Waals surface area contributed by atoms with Gasteiger partial charge in [0, 0.05) is 11.6 Å². The minimum atomic E-state index is -0.373. The Kier molecular flexibility index (Phi) is 5.48. The highest BCUT2D eigenvalue weighted by Crippen LogP contribution is 2.10. The van der Waals surface area contributed by atoms with Gasteiger partial charge in [-0.2, -0.15) is 0 Å². The fraction of sp³-hybridized carbons (Fsp3) is 0.429. The molecule has 0 bridgehead atoms. The lowest BCUT2D eigenvalue weighted by molar-refractivity contribution is -0.141. The molecule has 1 unspecified atom stereocenters. The summed E-state index contributed by atoms with van der Waals surface area (Å²) in [5.41, 5.74) is 0.788. The lowest BCUT2D eigenvalue weighted by Crippen LogP contribution is -2.36. The molecule has 0 aliphatic heterocycles. The Hall–Kier alpha value is -1.91. The largest absolute Gasteiger partial charge is 0.469 e. The highest BCUT2D eigenvalue weighted by atomic mass is 19.1. The van der Waals surface area contributed by atoms with Gasteiger partial charge in [0.15, 0.2) is 0 Å². The first-order valence-electron chi connectivity index (χ1n) is 6.11. The fourth-order valence-electron chi connectivity index (χ4n) is 1.64. The van der Waals surface area contributed by atoms with E-state index in [4.69, 9.17) is 0 Å². The van der Waals surface area contributed by atoms with Crippen LogP contribution in [0.3, 0.4) is 0 Å². The third-order valence-electron chi connectivity index (χ3n) is 2.89. The van der Waals surface area contributed by atoms with Crippen molar-refractivity contribution >= 4 is 11.9 Å². The number of methoxy groups -OCH3 is 1. The number of nitrogens with one attached hydrogen (secondary N) is 1. The van der Waals surface area contributed by atoms with Crippen molar-refractivity contribution in [2.24, 2.45) is 0 Å². The van der Waals surface area contributed by atoms with Gasteiger partial charge in [-0.1, -0.05) is 6.92 Å². The molecule has 1 amide bonds. The van der Waals surface area contributed by atoms with Crippen LogP contribution in [0.5, 0.6) is 0 Å². The molecule has 0 fully saturated rings. The van der Waals surface area contributed by atoms with Crippen LogP contribution in [0.4, 0.5) is 4.39 Å². The van der Waals surface area contributed by atoms with E-state index in [0.717, 1.165) is 0 Å². The smallest absolute Gasteiger partial charge is 0.307 e. The summed E-state index contributed by atoms with van der Waals surface area (Å²) in [7, 11) is 1.31. The third-order valence-corrected chi connectivity index (χ3v) is 2.89. The first-order valence-corrected chi connectivity index (χ1v) is 6.11. The Morgan fingerprint density at radius 3 is 2.63 bits per heavy atom. The summed E-state index contributed by atoms with van der Waals surface area (Å²) in [6, 6.07) is 3.87. The van der Waals surface area contributed by atoms with Gasteiger partial charge in [-0.25, -0.2) is 4.39 Å². The van der Waals surface area contributed by atoms with Crippen LogP contribution in [0, 0.1) is 12.7 Å². The van der Waals surface area contributed by atoms with E-state index in [1.807, 2.05) is 6.92 Å². The zero-order chi connectivity index (χ0) is 14.4. The van der Waals surface area contributed by atoms with Crippen LogP contribution in [-0.4, -0.2) is 25.0 Å². The highest BCUT2D eigenvalue weighted by molar-refractivity contribution is 5.94. The van der Waals surface area contributed by atoms with E-state index in [0.29, 0.717) is 17.5 Å². The zero-order valence-electron chi connectivity index (χ0n) is 11.3. The number of halogens is 1. The van der Waals surface area contributed by atoms with Gasteiger partial charge in [0.05, 0.1) is 13.5 Å². The molecular formula is C14H18FNO3. The predicted octanol–water partition coefficient (Wildman–Crippen LogP) is 2.21. The Balaban J connectivity index is 2.71. The maximum absolute atomic E-state index is 13.1. The number of hydrogen-bond acceptors (Lipinski definition) is 3. The average Bonchev–Trinajstić information content (AvgIpc) is 2.40. The van der Waals surface area contributed by atoms with Crippen LogP contribution < -0.4 is 5.32 Å². The number of rotatable bonds is 5. The molecule has 0 saturated carbocycles. The van der Waals surface area contributed by atoms with Crippen molar-refractivity contribution < 1.29 is 18.7 Å². The molecule has 4 nitrogen and oxygen atoms in total. The Labute approximate surface area is 112 Å². The lowest BCUT2D eigenvalue weighted by atomic mass is 10.1. The van der Waals surface area contributed by atoms with Crippen molar-refractivity contribution in [1.82, 2.24) is 5.32 Å². The van der Waals surface area contributed by atoms with E-state index in [9.17, 15) is 14.0 Å². The second kappa shape index (κ2) is 6.87. The van der Waals surface area contributed by atoms with Gasteiger partial charge in [-0.3, -0.25) is 9.59 Å². The number of carbonyl (C=O) groups excluding carboxylic acids is 2. The van der Waals surface area contributed by atoms with Crippen molar-refractivity contribution in [3.63, 3.8) is 0 Å². The van der Waals surface area contributed by atoms with E-state index < -0.39 is 0 Å². The standard InChI is InChI=1S/C14H18FNO3/c1-4-11(8-13(17)19-3)16-14(18)10-5-6-12(15)9(2)7-10/h5-7,11H,4,8H2,1-3H3,(H,16,18). The van der Waals surface area contributed by atoms with E-state index in [2.05, 4.69) is 10.1 Å². The molecule has 0 aliphatic rings. The number of hydrogen-bond donors (Lipinski definition) is 1. The second-order valence-electron chi connectivity index (χ2n) is 4.32. The predicted molar refractivity (Wildman–Crippen MR) is 69.3 cm³/mol. The van der Waals surface area contributed by atoms with Gasteiger partial charge in [0.2, 0.25) is 0 Å². The number of ether oxygens (including phenoxy) is 1. The van der Waals surface area contributed by atoms with Crippen LogP contribution in [-0.2, 0) is 9.53 Å². The third kappa shape index (κ3) is 4.35. The Morgan fingerprint density at radius 1 is 1.42 bits per heavy atom. The quantitative estimate of drug-likeness (QED) is 0.832. The summed E-state index contributed by atoms with van der Waals surface area (Å²) < 4.78 is 17.7. The minimum Gasteiger partial charge on any atom is -0.469 e. The van der Waals surface area contributed by atoms with E-state index in [1.165, 1.54) is 25.3 Å². The maximum atomic E-state index is 13.1. The first-order chi connectivity index (χ1) is 8.97. The Morgan fingerprint density at radius 2 is 2.11 bits per heavy atom. The first kappa shape index (κ1) is 15.1. The lowest BCUT2D eigenvalue weighted by Gasteiger charge is -2.16. The monoisotopic (exact) mass is 267 g/mol. The van der Waals surface area contributed by atoms with Gasteiger partial charge in [0.1, 0.15) is 5.82 Å². The van der Waals surface area contributed by atoms with Crippen LogP contribution in [0.2, 0.25) is 0 Å². The summed E-state index contributed by atoms with van der Waals surface area (Å²) in [6.07, 6.45) is 0.736. The normalized spacial score (nSPS) is 11.8. The van der Waals surface area contributed by atoms with Crippen LogP contribution >= 0.6 is 0 Å². The summed E-state index contributed by atoms with van der Waals surface area (Å²) in [5, 5.41) is 2.73. The molecule has 0 radical (unpaired) electrons. The molecule has 1 atom stereocenters. The molecule has 0 spiro atoms. The van der Waals surface area contributed by atoms with E-state index >= 15 is 0 Å². The number of amides is 1. The topological polar surface area (TPSA) is 55.4 Å². The van der Waals surface area contributed by atoms with Crippen molar-refractivity contribution in [3.05, 3.63) is 35.1 Å². The van der Waals surface area contributed by atoms with Crippen molar-refractivity contribution in [1.29, 1.82) is 0 Å². The SMILES string of the molecule is CCC(CC(=O)OC)NC(=O)c1ccc(F)c(C)c1. The second-order valence-corrected chi connectivity index (χ2v) is 4.32. The van der Waals surface area contributed by atoms with E-state index in [1.54, 1.807) is 6.92 Å². The van der Waals surface area contributed by atoms with Gasteiger partial charge in [-0.15, -0.1) is 0 Å². The molecule has 104 valence electrons. The number of benzene rings is 1. The molecule has 5 heteroatoms. The van der Waals surface area contributed by atoms with Crippen molar-refractivity contribution in [2.45, 2.75) is 32.7 Å². The summed E-state index contributed by atoms with van der Waals surface area (Å²) in [6.45, 7) is 3.46. The molecule has 1 aromatic rings. The molecule has 0 aromatic heterocycles. The molecule has 0 heterocycles. The van der Waals surface area contributed by atoms with Crippen LogP contribution in [0.25, 0.3) is 0 Å². The molecule has 0 saturated heterocycles. The summed E-state index contributed by atoms with van der Waals surface area (Å²) in [5.74, 6) is -1.04. The number of esters is 1. The van der Waals surface area contributed by atoms with Gasteiger partial charge >= 0.3 is 5.97 Å². The minimum absolute atomic E-state index is 0.124. The molecule has 19 heavy (non-hydrogen) atoms. The average molecular weight is 267 g/mol. The highest BCUT2D eigenvalue weighted by Gasteiger charge is 2.16. The molecule has 1 rings (SSSR count). The van der Waals surface area contributed by atoms with Gasteiger partial charge in [0.25, 0.3) is 5.91 Å². The summed E-state index contributed by atoms with van der Waals surface area (Å²) >= 11 is 0. The molecule has 1 N–H and O–H groups in total. The zero-order valence-corrected chi connectivity index (χ0v) is 11.3. The molecule has 1 aromatic carbocycles. The fourth-order valence-corrected chi connectivity index (χ4v) is 1.64. The maximum Gasteiger partial charge on any atom is 0.307 e. The Bertz CT molecular complexity index is 474. The summed E-state index contributed by atoms with van der Waals surface area (Å²) in [4.78, 5) is 23.1. The van der Waals surface area contributed by atoms with Crippen LogP contribution in [0.15, 0.2) is 18.2 Å². The van der Waals surface area contributed by atoms with Crippen molar-refractivity contribution in [2.75, 3.05) is 7.11 Å². The van der Waals surface area contributed by atoms with Gasteiger partial charge < -0.3 is 10.1 Å². The number of aryl methyl sites for hydroxylation is 1. The molecular weight excluding hydrogens is 249 g/mol. The van der Waals surface area contributed by atoms with Crippen molar-refractivity contribution in [3.8, 4) is 0 Å². The van der Waals surface area contributed by atoms with E-state index in [-0.39, 0.29) is 30.2 Å². The number of carbonyl (C=O) groups is 2.